The molecule has 1 aromatic rings. The van der Waals surface area contributed by atoms with Gasteiger partial charge in [-0.1, -0.05) is 0 Å². The summed E-state index contributed by atoms with van der Waals surface area (Å²) >= 11 is 0. The smallest absolute Gasteiger partial charge is 0.335 e. The number of likely N-dealkylation sites (tertiary alicyclic amines) is 1. The zero-order valence-electron chi connectivity index (χ0n) is 14.2. The number of anilines is 1. The van der Waals surface area contributed by atoms with E-state index >= 15 is 0 Å². The molecule has 0 bridgehead atoms. The van der Waals surface area contributed by atoms with Crippen LogP contribution in [0.15, 0.2) is 36.0 Å². The number of amides is 2. The molecule has 3 N–H and O–H groups in total. The first-order chi connectivity index (χ1) is 12.5. The van der Waals surface area contributed by atoms with Crippen LogP contribution >= 0.6 is 0 Å². The summed E-state index contributed by atoms with van der Waals surface area (Å²) in [5, 5.41) is 23.4. The molecule has 26 heavy (non-hydrogen) atoms. The van der Waals surface area contributed by atoms with E-state index in [1.165, 1.54) is 30.5 Å². The third kappa shape index (κ3) is 5.34. The number of carbonyl (C=O) groups excluding carboxylic acids is 2. The van der Waals surface area contributed by atoms with Crippen LogP contribution in [0.2, 0.25) is 0 Å². The Morgan fingerprint density at radius 2 is 2.04 bits per heavy atom. The van der Waals surface area contributed by atoms with Crippen molar-refractivity contribution in [2.24, 2.45) is 0 Å². The number of rotatable bonds is 8. The summed E-state index contributed by atoms with van der Waals surface area (Å²) in [6, 6.07) is 7.46. The van der Waals surface area contributed by atoms with E-state index in [4.69, 9.17) is 10.4 Å². The van der Waals surface area contributed by atoms with Crippen molar-refractivity contribution in [1.29, 1.82) is 5.26 Å². The van der Waals surface area contributed by atoms with E-state index in [0.717, 1.165) is 19.4 Å². The fraction of sp³-hybridized carbons (Fsp3) is 0.333. The Bertz CT molecular complexity index is 749. The summed E-state index contributed by atoms with van der Waals surface area (Å²) < 4.78 is 0. The molecule has 1 aliphatic rings. The van der Waals surface area contributed by atoms with Crippen LogP contribution in [0.25, 0.3) is 0 Å². The molecule has 0 unspecified atom stereocenters. The highest BCUT2D eigenvalue weighted by molar-refractivity contribution is 6.06. The van der Waals surface area contributed by atoms with Crippen molar-refractivity contribution in [3.63, 3.8) is 0 Å². The fourth-order valence-electron chi connectivity index (χ4n) is 2.53. The third-order valence-electron chi connectivity index (χ3n) is 3.92. The lowest BCUT2D eigenvalue weighted by molar-refractivity contribution is -0.127. The molecule has 0 aromatic heterocycles. The first-order valence-electron chi connectivity index (χ1n) is 8.27. The van der Waals surface area contributed by atoms with Crippen molar-refractivity contribution >= 4 is 23.5 Å². The maximum atomic E-state index is 12.1. The molecule has 2 amide bonds. The second-order valence-corrected chi connectivity index (χ2v) is 5.80. The predicted molar refractivity (Wildman–Crippen MR) is 94.2 cm³/mol. The van der Waals surface area contributed by atoms with Crippen LogP contribution < -0.4 is 10.6 Å². The largest absolute Gasteiger partial charge is 0.478 e. The third-order valence-corrected chi connectivity index (χ3v) is 3.92. The number of aromatic carboxylic acids is 1. The molecule has 1 aliphatic heterocycles. The standard InChI is InChI=1S/C18H20N4O4/c19-11-14(12-20-8-2-10-22-9-1-3-16(22)23)17(24)21-15-6-4-13(5-7-15)18(25)26/h4-7,12,20H,1-3,8-10H2,(H,21,24)(H,25,26)/b14-12-. The first kappa shape index (κ1) is 19.0. The molecule has 1 saturated heterocycles. The van der Waals surface area contributed by atoms with Crippen LogP contribution in [-0.4, -0.2) is 47.4 Å². The number of hydrogen-bond acceptors (Lipinski definition) is 5. The van der Waals surface area contributed by atoms with Crippen LogP contribution in [0, 0.1) is 11.3 Å². The maximum Gasteiger partial charge on any atom is 0.335 e. The van der Waals surface area contributed by atoms with Gasteiger partial charge in [0.25, 0.3) is 5.91 Å². The summed E-state index contributed by atoms with van der Waals surface area (Å²) in [7, 11) is 0. The predicted octanol–water partition coefficient (Wildman–Crippen LogP) is 1.33. The molecule has 136 valence electrons. The number of nitrogens with zero attached hydrogens (tertiary/aromatic N) is 2. The van der Waals surface area contributed by atoms with E-state index in [9.17, 15) is 14.4 Å². The van der Waals surface area contributed by atoms with Gasteiger partial charge in [-0.25, -0.2) is 4.79 Å². The Morgan fingerprint density at radius 3 is 2.62 bits per heavy atom. The van der Waals surface area contributed by atoms with E-state index in [1.54, 1.807) is 0 Å². The van der Waals surface area contributed by atoms with Crippen molar-refractivity contribution in [2.45, 2.75) is 19.3 Å². The highest BCUT2D eigenvalue weighted by Crippen LogP contribution is 2.11. The summed E-state index contributed by atoms with van der Waals surface area (Å²) in [5.41, 5.74) is 0.412. The van der Waals surface area contributed by atoms with Gasteiger partial charge in [-0.05, 0) is 37.1 Å². The number of carbonyl (C=O) groups is 3. The molecule has 2 rings (SSSR count). The molecule has 0 spiro atoms. The van der Waals surface area contributed by atoms with E-state index < -0.39 is 11.9 Å². The number of nitrogens with one attached hydrogen (secondary N) is 2. The molecule has 1 fully saturated rings. The summed E-state index contributed by atoms with van der Waals surface area (Å²) in [5.74, 6) is -1.47. The van der Waals surface area contributed by atoms with Crippen LogP contribution in [0.3, 0.4) is 0 Å². The Kier molecular flexibility index (Phi) is 6.74. The molecule has 0 aliphatic carbocycles. The van der Waals surface area contributed by atoms with Crippen molar-refractivity contribution in [2.75, 3.05) is 25.0 Å². The van der Waals surface area contributed by atoms with Gasteiger partial charge in [0.2, 0.25) is 5.91 Å². The van der Waals surface area contributed by atoms with Crippen LogP contribution in [0.5, 0.6) is 0 Å². The Morgan fingerprint density at radius 1 is 1.31 bits per heavy atom. The number of benzene rings is 1. The first-order valence-corrected chi connectivity index (χ1v) is 8.27. The highest BCUT2D eigenvalue weighted by atomic mass is 16.4. The quantitative estimate of drug-likeness (QED) is 0.367. The average Bonchev–Trinajstić information content (AvgIpc) is 3.03. The summed E-state index contributed by atoms with van der Waals surface area (Å²) in [6.45, 7) is 1.99. The van der Waals surface area contributed by atoms with Gasteiger partial charge in [-0.2, -0.15) is 5.26 Å². The summed E-state index contributed by atoms with van der Waals surface area (Å²) in [6.07, 6.45) is 3.57. The van der Waals surface area contributed by atoms with Crippen molar-refractivity contribution in [3.05, 3.63) is 41.6 Å². The van der Waals surface area contributed by atoms with Gasteiger partial charge in [-0.3, -0.25) is 9.59 Å². The van der Waals surface area contributed by atoms with Gasteiger partial charge < -0.3 is 20.6 Å². The molecular formula is C18H20N4O4. The van der Waals surface area contributed by atoms with Crippen molar-refractivity contribution in [3.8, 4) is 6.07 Å². The monoisotopic (exact) mass is 356 g/mol. The molecule has 0 atom stereocenters. The number of carboxylic acids is 1. The van der Waals surface area contributed by atoms with Crippen LogP contribution in [0.1, 0.15) is 29.6 Å². The van der Waals surface area contributed by atoms with Crippen molar-refractivity contribution in [1.82, 2.24) is 10.2 Å². The number of hydrogen-bond donors (Lipinski definition) is 3. The van der Waals surface area contributed by atoms with E-state index in [0.29, 0.717) is 25.2 Å². The lowest BCUT2D eigenvalue weighted by atomic mass is 10.2. The second kappa shape index (κ2) is 9.22. The van der Waals surface area contributed by atoms with Gasteiger partial charge in [0.1, 0.15) is 11.6 Å². The SMILES string of the molecule is N#C/C(=C/NCCCN1CCCC1=O)C(=O)Nc1ccc(C(=O)O)cc1. The van der Waals surface area contributed by atoms with Gasteiger partial charge in [0.15, 0.2) is 0 Å². The maximum absolute atomic E-state index is 12.1. The highest BCUT2D eigenvalue weighted by Gasteiger charge is 2.18. The zero-order valence-corrected chi connectivity index (χ0v) is 14.2. The van der Waals surface area contributed by atoms with Crippen molar-refractivity contribution < 1.29 is 19.5 Å². The Labute approximate surface area is 151 Å². The molecule has 8 heteroatoms. The molecular weight excluding hydrogens is 336 g/mol. The van der Waals surface area contributed by atoms with E-state index in [1.807, 2.05) is 11.0 Å². The molecule has 1 aromatic carbocycles. The molecule has 1 heterocycles. The lowest BCUT2D eigenvalue weighted by Crippen LogP contribution is -2.27. The van der Waals surface area contributed by atoms with Crippen LogP contribution in [-0.2, 0) is 9.59 Å². The minimum absolute atomic E-state index is 0.0930. The van der Waals surface area contributed by atoms with Gasteiger partial charge in [0, 0.05) is 37.9 Å². The molecule has 8 nitrogen and oxygen atoms in total. The molecule has 0 radical (unpaired) electrons. The minimum atomic E-state index is -1.06. The van der Waals surface area contributed by atoms with Crippen LogP contribution in [0.4, 0.5) is 5.69 Å². The van der Waals surface area contributed by atoms with E-state index in [-0.39, 0.29) is 17.0 Å². The Hall–Kier alpha value is -3.34. The topological polar surface area (TPSA) is 123 Å². The Balaban J connectivity index is 1.79. The van der Waals surface area contributed by atoms with E-state index in [2.05, 4.69) is 10.6 Å². The van der Waals surface area contributed by atoms with Gasteiger partial charge in [-0.15, -0.1) is 0 Å². The van der Waals surface area contributed by atoms with Gasteiger partial charge >= 0.3 is 5.97 Å². The zero-order chi connectivity index (χ0) is 18.9. The normalized spacial score (nSPS) is 14.0. The average molecular weight is 356 g/mol. The number of carboxylic acid groups (broad SMARTS) is 1. The lowest BCUT2D eigenvalue weighted by Gasteiger charge is -2.14. The summed E-state index contributed by atoms with van der Waals surface area (Å²) in [4.78, 5) is 36.1. The minimum Gasteiger partial charge on any atom is -0.478 e. The number of nitriles is 1. The molecule has 0 saturated carbocycles. The fourth-order valence-corrected chi connectivity index (χ4v) is 2.53. The van der Waals surface area contributed by atoms with Gasteiger partial charge in [0.05, 0.1) is 5.56 Å². The second-order valence-electron chi connectivity index (χ2n) is 5.80.